The van der Waals surface area contributed by atoms with Crippen LogP contribution in [0.1, 0.15) is 28.8 Å². The summed E-state index contributed by atoms with van der Waals surface area (Å²) >= 11 is 0. The van der Waals surface area contributed by atoms with E-state index in [2.05, 4.69) is 16.0 Å². The van der Waals surface area contributed by atoms with Crippen LogP contribution >= 0.6 is 0 Å². The molecule has 3 aromatic rings. The van der Waals surface area contributed by atoms with E-state index in [-0.39, 0.29) is 36.7 Å². The highest BCUT2D eigenvalue weighted by Crippen LogP contribution is 2.32. The number of nitrogens with one attached hydrogen (secondary N) is 4. The SMILES string of the molecule is COc1cc2c(OC)cccc2cc1C(=O)N[C@@H](CCCNC(=N)CF)C(=O)NCc1ccc(F)cc1. The number of methoxy groups -OCH3 is 2. The van der Waals surface area contributed by atoms with Gasteiger partial charge in [-0.05, 0) is 54.1 Å². The first kappa shape index (κ1) is 27.4. The molecule has 37 heavy (non-hydrogen) atoms. The molecule has 3 rings (SSSR count). The van der Waals surface area contributed by atoms with Crippen molar-refractivity contribution in [2.75, 3.05) is 27.4 Å². The van der Waals surface area contributed by atoms with Crippen LogP contribution in [0.2, 0.25) is 0 Å². The van der Waals surface area contributed by atoms with E-state index in [9.17, 15) is 18.4 Å². The minimum absolute atomic E-state index is 0.148. The second-order valence-electron chi connectivity index (χ2n) is 8.29. The number of fused-ring (bicyclic) bond motifs is 1. The molecular formula is C27H30F2N4O4. The Morgan fingerprint density at radius 3 is 2.41 bits per heavy atom. The average Bonchev–Trinajstić information content (AvgIpc) is 2.92. The lowest BCUT2D eigenvalue weighted by Crippen LogP contribution is -2.47. The number of carbonyl (C=O) groups is 2. The Hall–Kier alpha value is -4.21. The van der Waals surface area contributed by atoms with Crippen LogP contribution < -0.4 is 25.4 Å². The number of halogens is 2. The molecule has 0 aliphatic rings. The van der Waals surface area contributed by atoms with Crippen LogP contribution in [0.5, 0.6) is 11.5 Å². The Bertz CT molecular complexity index is 1250. The summed E-state index contributed by atoms with van der Waals surface area (Å²) in [5, 5.41) is 17.1. The highest BCUT2D eigenvalue weighted by atomic mass is 19.1. The van der Waals surface area contributed by atoms with E-state index in [1.807, 2.05) is 12.1 Å². The van der Waals surface area contributed by atoms with Gasteiger partial charge in [0.05, 0.1) is 19.8 Å². The monoisotopic (exact) mass is 512 g/mol. The third-order valence-electron chi connectivity index (χ3n) is 5.77. The molecule has 0 radical (unpaired) electrons. The molecule has 0 saturated carbocycles. The van der Waals surface area contributed by atoms with Crippen LogP contribution in [-0.2, 0) is 11.3 Å². The van der Waals surface area contributed by atoms with Crippen molar-refractivity contribution in [2.24, 2.45) is 0 Å². The molecular weight excluding hydrogens is 482 g/mol. The van der Waals surface area contributed by atoms with Gasteiger partial charge in [0.1, 0.15) is 35.9 Å². The number of alkyl halides is 1. The molecule has 0 saturated heterocycles. The van der Waals surface area contributed by atoms with E-state index in [1.54, 1.807) is 37.4 Å². The number of hydrogen-bond donors (Lipinski definition) is 4. The van der Waals surface area contributed by atoms with Crippen molar-refractivity contribution in [1.82, 2.24) is 16.0 Å². The van der Waals surface area contributed by atoms with Crippen molar-refractivity contribution in [3.63, 3.8) is 0 Å². The first-order valence-corrected chi connectivity index (χ1v) is 11.7. The molecule has 0 fully saturated rings. The summed E-state index contributed by atoms with van der Waals surface area (Å²) in [6.45, 7) is -0.500. The van der Waals surface area contributed by atoms with E-state index in [4.69, 9.17) is 14.9 Å². The number of hydrogen-bond acceptors (Lipinski definition) is 5. The zero-order chi connectivity index (χ0) is 26.8. The van der Waals surface area contributed by atoms with Gasteiger partial charge in [-0.25, -0.2) is 8.78 Å². The number of benzene rings is 3. The van der Waals surface area contributed by atoms with Crippen molar-refractivity contribution in [2.45, 2.75) is 25.4 Å². The van der Waals surface area contributed by atoms with E-state index < -0.39 is 24.5 Å². The van der Waals surface area contributed by atoms with Crippen molar-refractivity contribution in [1.29, 1.82) is 5.41 Å². The first-order chi connectivity index (χ1) is 17.9. The standard InChI is InChI=1S/C27H30F2N4O4/c1-36-23-7-3-5-18-13-21(24(37-2)14-20(18)23)26(34)33-22(6-4-12-31-25(30)15-28)27(35)32-16-17-8-10-19(29)11-9-17/h3,5,7-11,13-14,22H,4,6,12,15-16H2,1-2H3,(H2,30,31)(H,32,35)(H,33,34)/t22-/m0/s1. The van der Waals surface area contributed by atoms with Crippen LogP contribution in [0.4, 0.5) is 8.78 Å². The Morgan fingerprint density at radius 1 is 1.00 bits per heavy atom. The molecule has 3 aromatic carbocycles. The summed E-state index contributed by atoms with van der Waals surface area (Å²) in [5.74, 6) is -0.621. The number of amides is 2. The Labute approximate surface area is 213 Å². The third-order valence-corrected chi connectivity index (χ3v) is 5.77. The van der Waals surface area contributed by atoms with Crippen LogP contribution in [-0.4, -0.2) is 51.1 Å². The number of ether oxygens (including phenoxy) is 2. The van der Waals surface area contributed by atoms with Crippen LogP contribution in [0.3, 0.4) is 0 Å². The Balaban J connectivity index is 1.78. The van der Waals surface area contributed by atoms with Crippen LogP contribution in [0.25, 0.3) is 10.8 Å². The molecule has 1 atom stereocenters. The average molecular weight is 513 g/mol. The van der Waals surface area contributed by atoms with E-state index in [0.717, 1.165) is 10.8 Å². The molecule has 2 amide bonds. The zero-order valence-electron chi connectivity index (χ0n) is 20.7. The molecule has 10 heteroatoms. The van der Waals surface area contributed by atoms with Gasteiger partial charge in [0, 0.05) is 18.5 Å². The van der Waals surface area contributed by atoms with Gasteiger partial charge < -0.3 is 25.4 Å². The van der Waals surface area contributed by atoms with Crippen molar-refractivity contribution in [3.8, 4) is 11.5 Å². The number of rotatable bonds is 12. The molecule has 0 aliphatic heterocycles. The van der Waals surface area contributed by atoms with Crippen molar-refractivity contribution < 1.29 is 27.8 Å². The molecule has 0 unspecified atom stereocenters. The lowest BCUT2D eigenvalue weighted by atomic mass is 10.0. The molecule has 0 spiro atoms. The second-order valence-corrected chi connectivity index (χ2v) is 8.29. The predicted molar refractivity (Wildman–Crippen MR) is 137 cm³/mol. The molecule has 4 N–H and O–H groups in total. The largest absolute Gasteiger partial charge is 0.496 e. The van der Waals surface area contributed by atoms with Gasteiger partial charge in [0.2, 0.25) is 5.91 Å². The smallest absolute Gasteiger partial charge is 0.255 e. The fraction of sp³-hybridized carbons (Fsp3) is 0.296. The minimum Gasteiger partial charge on any atom is -0.496 e. The Kier molecular flexibility index (Phi) is 9.76. The van der Waals surface area contributed by atoms with Crippen LogP contribution in [0, 0.1) is 11.2 Å². The number of amidine groups is 1. The maximum absolute atomic E-state index is 13.3. The van der Waals surface area contributed by atoms with Gasteiger partial charge in [0.25, 0.3) is 5.91 Å². The van der Waals surface area contributed by atoms with Crippen molar-refractivity contribution in [3.05, 3.63) is 71.5 Å². The fourth-order valence-corrected chi connectivity index (χ4v) is 3.81. The summed E-state index contributed by atoms with van der Waals surface area (Å²) in [6.07, 6.45) is 0.626. The predicted octanol–water partition coefficient (Wildman–Crippen LogP) is 3.73. The maximum atomic E-state index is 13.3. The third kappa shape index (κ3) is 7.39. The summed E-state index contributed by atoms with van der Waals surface area (Å²) in [5.41, 5.74) is 0.944. The van der Waals surface area contributed by atoms with Gasteiger partial charge in [-0.1, -0.05) is 24.3 Å². The van der Waals surface area contributed by atoms with E-state index >= 15 is 0 Å². The summed E-state index contributed by atoms with van der Waals surface area (Å²) in [6, 6.07) is 13.6. The topological polar surface area (TPSA) is 113 Å². The zero-order valence-corrected chi connectivity index (χ0v) is 20.7. The first-order valence-electron chi connectivity index (χ1n) is 11.7. The maximum Gasteiger partial charge on any atom is 0.255 e. The molecule has 196 valence electrons. The van der Waals surface area contributed by atoms with Crippen molar-refractivity contribution >= 4 is 28.4 Å². The molecule has 0 heterocycles. The second kappa shape index (κ2) is 13.2. The van der Waals surface area contributed by atoms with Gasteiger partial charge in [0.15, 0.2) is 0 Å². The number of carbonyl (C=O) groups excluding carboxylic acids is 2. The summed E-state index contributed by atoms with van der Waals surface area (Å²) < 4.78 is 36.6. The molecule has 0 bridgehead atoms. The van der Waals surface area contributed by atoms with Crippen LogP contribution in [0.15, 0.2) is 54.6 Å². The van der Waals surface area contributed by atoms with Gasteiger partial charge >= 0.3 is 0 Å². The minimum atomic E-state index is -0.917. The lowest BCUT2D eigenvalue weighted by Gasteiger charge is -2.20. The van der Waals surface area contributed by atoms with Gasteiger partial charge in [-0.15, -0.1) is 0 Å². The fourth-order valence-electron chi connectivity index (χ4n) is 3.81. The molecule has 8 nitrogen and oxygen atoms in total. The van der Waals surface area contributed by atoms with E-state index in [0.29, 0.717) is 23.5 Å². The summed E-state index contributed by atoms with van der Waals surface area (Å²) in [7, 11) is 3.01. The van der Waals surface area contributed by atoms with E-state index in [1.165, 1.54) is 19.2 Å². The highest BCUT2D eigenvalue weighted by Gasteiger charge is 2.23. The quantitative estimate of drug-likeness (QED) is 0.168. The molecule has 0 aliphatic carbocycles. The highest BCUT2D eigenvalue weighted by molar-refractivity contribution is 6.04. The summed E-state index contributed by atoms with van der Waals surface area (Å²) in [4.78, 5) is 26.3. The normalized spacial score (nSPS) is 11.5. The lowest BCUT2D eigenvalue weighted by molar-refractivity contribution is -0.123. The van der Waals surface area contributed by atoms with Gasteiger partial charge in [-0.2, -0.15) is 0 Å². The van der Waals surface area contributed by atoms with Gasteiger partial charge in [-0.3, -0.25) is 15.0 Å². The Morgan fingerprint density at radius 2 is 1.73 bits per heavy atom. The molecule has 0 aromatic heterocycles.